The number of halogens is 1. The van der Waals surface area contributed by atoms with E-state index >= 15 is 0 Å². The highest BCUT2D eigenvalue weighted by Gasteiger charge is 2.26. The molecule has 0 fully saturated rings. The molecule has 1 amide bonds. The number of aryl methyl sites for hydroxylation is 1. The average molecular weight is 382 g/mol. The number of nitrogens with zero attached hydrogens (tertiary/aromatic N) is 1. The highest BCUT2D eigenvalue weighted by Crippen LogP contribution is 2.30. The Morgan fingerprint density at radius 3 is 2.93 bits per heavy atom. The standard InChI is InChI=1S/C21H20ClN3O2/c22-17-7-4-8-20(27-15-5-2-1-3-6-15)16(17)12-23-21(26)14-9-10-18-19(11-14)25-13-24-18/h1-8,13-14H,9-12H2,(H,23,26)(H,24,25). The first-order chi connectivity index (χ1) is 13.2. The molecule has 1 aromatic heterocycles. The number of H-pyrrole nitrogens is 1. The molecule has 1 heterocycles. The zero-order valence-corrected chi connectivity index (χ0v) is 15.5. The average Bonchev–Trinajstić information content (AvgIpc) is 3.16. The molecule has 0 bridgehead atoms. The van der Waals surface area contributed by atoms with Crippen molar-refractivity contribution < 1.29 is 9.53 Å². The van der Waals surface area contributed by atoms with Gasteiger partial charge in [-0.2, -0.15) is 0 Å². The molecule has 1 atom stereocenters. The van der Waals surface area contributed by atoms with Crippen LogP contribution in [0.2, 0.25) is 5.02 Å². The van der Waals surface area contributed by atoms with Gasteiger partial charge in [0.15, 0.2) is 0 Å². The summed E-state index contributed by atoms with van der Waals surface area (Å²) < 4.78 is 5.95. The molecule has 0 saturated heterocycles. The van der Waals surface area contributed by atoms with Crippen molar-refractivity contribution in [3.05, 3.63) is 76.8 Å². The Kier molecular flexibility index (Phi) is 5.12. The Morgan fingerprint density at radius 1 is 1.22 bits per heavy atom. The van der Waals surface area contributed by atoms with Crippen LogP contribution in [0.25, 0.3) is 0 Å². The maximum absolute atomic E-state index is 12.7. The molecule has 3 aromatic rings. The molecule has 5 nitrogen and oxygen atoms in total. The van der Waals surface area contributed by atoms with Crippen LogP contribution in [-0.4, -0.2) is 15.9 Å². The van der Waals surface area contributed by atoms with Gasteiger partial charge in [-0.15, -0.1) is 0 Å². The van der Waals surface area contributed by atoms with E-state index < -0.39 is 0 Å². The fourth-order valence-corrected chi connectivity index (χ4v) is 3.59. The lowest BCUT2D eigenvalue weighted by atomic mass is 9.89. The molecular formula is C21H20ClN3O2. The van der Waals surface area contributed by atoms with Gasteiger partial charge in [0.2, 0.25) is 5.91 Å². The van der Waals surface area contributed by atoms with Crippen LogP contribution in [-0.2, 0) is 24.2 Å². The number of imidazole rings is 1. The summed E-state index contributed by atoms with van der Waals surface area (Å²) in [6.45, 7) is 0.324. The van der Waals surface area contributed by atoms with Gasteiger partial charge >= 0.3 is 0 Å². The zero-order chi connectivity index (χ0) is 18.6. The van der Waals surface area contributed by atoms with Crippen LogP contribution in [0.3, 0.4) is 0 Å². The molecule has 1 unspecified atom stereocenters. The van der Waals surface area contributed by atoms with Crippen molar-refractivity contribution in [1.29, 1.82) is 0 Å². The third-order valence-corrected chi connectivity index (χ3v) is 5.20. The molecule has 4 rings (SSSR count). The summed E-state index contributed by atoms with van der Waals surface area (Å²) in [5.41, 5.74) is 2.91. The first-order valence-electron chi connectivity index (χ1n) is 9.00. The van der Waals surface area contributed by atoms with Gasteiger partial charge in [0, 0.05) is 35.2 Å². The molecule has 2 aromatic carbocycles. The van der Waals surface area contributed by atoms with Crippen molar-refractivity contribution in [1.82, 2.24) is 15.3 Å². The molecule has 0 saturated carbocycles. The van der Waals surface area contributed by atoms with E-state index in [9.17, 15) is 4.79 Å². The number of rotatable bonds is 5. The number of hydrogen-bond acceptors (Lipinski definition) is 3. The predicted molar refractivity (Wildman–Crippen MR) is 104 cm³/mol. The van der Waals surface area contributed by atoms with Gasteiger partial charge in [-0.25, -0.2) is 4.98 Å². The van der Waals surface area contributed by atoms with Crippen molar-refractivity contribution in [2.24, 2.45) is 5.92 Å². The highest BCUT2D eigenvalue weighted by atomic mass is 35.5. The van der Waals surface area contributed by atoms with Gasteiger partial charge < -0.3 is 15.0 Å². The van der Waals surface area contributed by atoms with Crippen LogP contribution < -0.4 is 10.1 Å². The number of carbonyl (C=O) groups is 1. The van der Waals surface area contributed by atoms with Crippen LogP contribution >= 0.6 is 11.6 Å². The second kappa shape index (κ2) is 7.84. The Morgan fingerprint density at radius 2 is 2.07 bits per heavy atom. The minimum absolute atomic E-state index is 0.0224. The molecule has 0 aliphatic heterocycles. The number of para-hydroxylation sites is 1. The Labute approximate surface area is 162 Å². The summed E-state index contributed by atoms with van der Waals surface area (Å²) in [5.74, 6) is 1.33. The van der Waals surface area contributed by atoms with Crippen LogP contribution in [0.4, 0.5) is 0 Å². The molecular weight excluding hydrogens is 362 g/mol. The zero-order valence-electron chi connectivity index (χ0n) is 14.7. The van der Waals surface area contributed by atoms with E-state index in [0.29, 0.717) is 23.7 Å². The maximum Gasteiger partial charge on any atom is 0.223 e. The van der Waals surface area contributed by atoms with E-state index in [4.69, 9.17) is 16.3 Å². The monoisotopic (exact) mass is 381 g/mol. The number of aromatic amines is 1. The molecule has 1 aliphatic rings. The maximum atomic E-state index is 12.7. The van der Waals surface area contributed by atoms with E-state index in [1.807, 2.05) is 42.5 Å². The summed E-state index contributed by atoms with van der Waals surface area (Å²) >= 11 is 6.37. The molecule has 0 spiro atoms. The van der Waals surface area contributed by atoms with Crippen molar-refractivity contribution in [3.63, 3.8) is 0 Å². The largest absolute Gasteiger partial charge is 0.457 e. The fourth-order valence-electron chi connectivity index (χ4n) is 3.36. The summed E-state index contributed by atoms with van der Waals surface area (Å²) in [7, 11) is 0. The third-order valence-electron chi connectivity index (χ3n) is 4.85. The van der Waals surface area contributed by atoms with Crippen LogP contribution in [0, 0.1) is 5.92 Å². The summed E-state index contributed by atoms with van der Waals surface area (Å²) in [6, 6.07) is 15.0. The first-order valence-corrected chi connectivity index (χ1v) is 9.37. The Hall–Kier alpha value is -2.79. The lowest BCUT2D eigenvalue weighted by Crippen LogP contribution is -2.33. The van der Waals surface area contributed by atoms with Crippen molar-refractivity contribution >= 4 is 17.5 Å². The number of hydrogen-bond donors (Lipinski definition) is 2. The number of benzene rings is 2. The van der Waals surface area contributed by atoms with E-state index in [-0.39, 0.29) is 11.8 Å². The van der Waals surface area contributed by atoms with E-state index in [1.54, 1.807) is 12.4 Å². The van der Waals surface area contributed by atoms with Crippen molar-refractivity contribution in [2.45, 2.75) is 25.8 Å². The van der Waals surface area contributed by atoms with Gasteiger partial charge in [0.1, 0.15) is 11.5 Å². The normalized spacial score (nSPS) is 15.8. The molecule has 2 N–H and O–H groups in total. The SMILES string of the molecule is O=C(NCc1c(Cl)cccc1Oc1ccccc1)C1CCc2[nH]cnc2C1. The second-order valence-electron chi connectivity index (χ2n) is 6.62. The number of ether oxygens (including phenoxy) is 1. The predicted octanol–water partition coefficient (Wildman–Crippen LogP) is 4.28. The molecule has 138 valence electrons. The van der Waals surface area contributed by atoms with Gasteiger partial charge in [-0.3, -0.25) is 4.79 Å². The quantitative estimate of drug-likeness (QED) is 0.693. The molecule has 6 heteroatoms. The van der Waals surface area contributed by atoms with Crippen molar-refractivity contribution in [2.75, 3.05) is 0 Å². The molecule has 27 heavy (non-hydrogen) atoms. The van der Waals surface area contributed by atoms with Gasteiger partial charge in [0.25, 0.3) is 0 Å². The van der Waals surface area contributed by atoms with E-state index in [2.05, 4.69) is 15.3 Å². The van der Waals surface area contributed by atoms with Gasteiger partial charge in [0.05, 0.1) is 12.0 Å². The van der Waals surface area contributed by atoms with Gasteiger partial charge in [-0.05, 0) is 37.1 Å². The first kappa shape index (κ1) is 17.6. The number of nitrogens with one attached hydrogen (secondary N) is 2. The Balaban J connectivity index is 1.44. The Bertz CT molecular complexity index is 940. The minimum atomic E-state index is -0.0678. The summed E-state index contributed by atoms with van der Waals surface area (Å²) in [6.07, 6.45) is 4.03. The number of fused-ring (bicyclic) bond motifs is 1. The van der Waals surface area contributed by atoms with Crippen LogP contribution in [0.5, 0.6) is 11.5 Å². The number of amides is 1. The lowest BCUT2D eigenvalue weighted by Gasteiger charge is -2.21. The lowest BCUT2D eigenvalue weighted by molar-refractivity contribution is -0.125. The number of aromatic nitrogens is 2. The van der Waals surface area contributed by atoms with Gasteiger partial charge in [-0.1, -0.05) is 35.9 Å². The van der Waals surface area contributed by atoms with Crippen molar-refractivity contribution in [3.8, 4) is 11.5 Å². The topological polar surface area (TPSA) is 67.0 Å². The smallest absolute Gasteiger partial charge is 0.223 e. The van der Waals surface area contributed by atoms with Crippen LogP contribution in [0.1, 0.15) is 23.4 Å². The third kappa shape index (κ3) is 3.98. The second-order valence-corrected chi connectivity index (χ2v) is 7.02. The molecule has 0 radical (unpaired) electrons. The fraction of sp³-hybridized carbons (Fsp3) is 0.238. The van der Waals surface area contributed by atoms with E-state index in [0.717, 1.165) is 35.5 Å². The summed E-state index contributed by atoms with van der Waals surface area (Å²) in [5, 5.41) is 3.59. The van der Waals surface area contributed by atoms with Crippen LogP contribution in [0.15, 0.2) is 54.9 Å². The minimum Gasteiger partial charge on any atom is -0.457 e. The highest BCUT2D eigenvalue weighted by molar-refractivity contribution is 6.31. The summed E-state index contributed by atoms with van der Waals surface area (Å²) in [4.78, 5) is 20.1. The number of carbonyl (C=O) groups excluding carboxylic acids is 1. The molecule has 1 aliphatic carbocycles. The van der Waals surface area contributed by atoms with E-state index in [1.165, 1.54) is 0 Å².